The third-order valence-electron chi connectivity index (χ3n) is 7.47. The number of hydrogen-bond donors (Lipinski definition) is 1. The van der Waals surface area contributed by atoms with Crippen LogP contribution < -0.4 is 14.5 Å². The van der Waals surface area contributed by atoms with Crippen LogP contribution in [-0.2, 0) is 14.8 Å². The Balaban J connectivity index is 1.52. The zero-order valence-corrected chi connectivity index (χ0v) is 23.9. The Morgan fingerprint density at radius 1 is 1.00 bits per heavy atom. The Bertz CT molecular complexity index is 1370. The van der Waals surface area contributed by atoms with E-state index in [1.165, 1.54) is 22.8 Å². The van der Waals surface area contributed by atoms with Crippen molar-refractivity contribution >= 4 is 27.3 Å². The van der Waals surface area contributed by atoms with Crippen LogP contribution >= 0.6 is 0 Å². The predicted molar refractivity (Wildman–Crippen MR) is 155 cm³/mol. The minimum atomic E-state index is -3.95. The van der Waals surface area contributed by atoms with Crippen LogP contribution in [0.5, 0.6) is 0 Å². The number of nitrogens with one attached hydrogen (secondary N) is 1. The number of piperidine rings is 1. The minimum absolute atomic E-state index is 0.157. The van der Waals surface area contributed by atoms with Crippen molar-refractivity contribution in [2.75, 3.05) is 28.8 Å². The summed E-state index contributed by atoms with van der Waals surface area (Å²) >= 11 is 0. The van der Waals surface area contributed by atoms with Crippen LogP contribution in [0.2, 0.25) is 0 Å². The van der Waals surface area contributed by atoms with Gasteiger partial charge >= 0.3 is 0 Å². The number of sulfonamides is 1. The molecule has 0 bridgehead atoms. The zero-order valence-electron chi connectivity index (χ0n) is 23.1. The summed E-state index contributed by atoms with van der Waals surface area (Å²) in [5.41, 5.74) is 5.63. The standard InChI is InChI=1S/C31H39N3O3S/c1-22-8-16-30(17-9-22)38(36,37)34(29-13-10-24(3)25(4)19-29)21-31(35)32-26(5)27-11-14-28(15-12-27)33-18-6-7-23(2)20-33/h8-17,19,23,26H,6-7,18,20-21H2,1-5H3,(H,32,35). The topological polar surface area (TPSA) is 69.7 Å². The molecule has 0 radical (unpaired) electrons. The predicted octanol–water partition coefficient (Wildman–Crippen LogP) is 5.92. The van der Waals surface area contributed by atoms with Crippen molar-refractivity contribution in [1.82, 2.24) is 5.32 Å². The van der Waals surface area contributed by atoms with E-state index in [1.807, 2.05) is 52.0 Å². The normalized spacial score (nSPS) is 16.7. The van der Waals surface area contributed by atoms with Gasteiger partial charge in [-0.05, 0) is 99.5 Å². The van der Waals surface area contributed by atoms with Gasteiger partial charge in [-0.3, -0.25) is 9.10 Å². The van der Waals surface area contributed by atoms with E-state index in [0.29, 0.717) is 11.6 Å². The fourth-order valence-electron chi connectivity index (χ4n) is 4.93. The molecule has 202 valence electrons. The van der Waals surface area contributed by atoms with Crippen LogP contribution in [-0.4, -0.2) is 34.0 Å². The molecule has 3 aromatic rings. The van der Waals surface area contributed by atoms with Gasteiger partial charge in [-0.15, -0.1) is 0 Å². The molecule has 2 atom stereocenters. The second kappa shape index (κ2) is 11.6. The maximum absolute atomic E-state index is 13.7. The van der Waals surface area contributed by atoms with E-state index in [4.69, 9.17) is 0 Å². The summed E-state index contributed by atoms with van der Waals surface area (Å²) in [6.07, 6.45) is 2.48. The SMILES string of the molecule is Cc1ccc(S(=O)(=O)N(CC(=O)NC(C)c2ccc(N3CCCC(C)C3)cc2)c2ccc(C)c(C)c2)cc1. The van der Waals surface area contributed by atoms with E-state index >= 15 is 0 Å². The molecule has 38 heavy (non-hydrogen) atoms. The highest BCUT2D eigenvalue weighted by molar-refractivity contribution is 7.92. The molecular formula is C31H39N3O3S. The molecule has 7 heteroatoms. The molecule has 1 saturated heterocycles. The number of anilines is 2. The first-order valence-electron chi connectivity index (χ1n) is 13.4. The largest absolute Gasteiger partial charge is 0.371 e. The van der Waals surface area contributed by atoms with Gasteiger partial charge in [0, 0.05) is 18.8 Å². The average molecular weight is 534 g/mol. The van der Waals surface area contributed by atoms with Gasteiger partial charge in [0.15, 0.2) is 0 Å². The first kappa shape index (κ1) is 27.7. The first-order chi connectivity index (χ1) is 18.0. The second-order valence-corrected chi connectivity index (χ2v) is 12.5. The average Bonchev–Trinajstić information content (AvgIpc) is 2.89. The lowest BCUT2D eigenvalue weighted by Crippen LogP contribution is -2.41. The van der Waals surface area contributed by atoms with Gasteiger partial charge in [-0.2, -0.15) is 0 Å². The number of aryl methyl sites for hydroxylation is 3. The third kappa shape index (κ3) is 6.38. The van der Waals surface area contributed by atoms with E-state index in [9.17, 15) is 13.2 Å². The second-order valence-electron chi connectivity index (χ2n) is 10.7. The number of nitrogens with zero attached hydrogens (tertiary/aromatic N) is 2. The van der Waals surface area contributed by atoms with Crippen molar-refractivity contribution in [3.05, 3.63) is 89.0 Å². The van der Waals surface area contributed by atoms with Gasteiger partial charge in [0.05, 0.1) is 16.6 Å². The van der Waals surface area contributed by atoms with Gasteiger partial charge < -0.3 is 10.2 Å². The summed E-state index contributed by atoms with van der Waals surface area (Å²) in [4.78, 5) is 15.8. The molecule has 1 heterocycles. The molecule has 4 rings (SSSR count). The summed E-state index contributed by atoms with van der Waals surface area (Å²) in [7, 11) is -3.95. The maximum atomic E-state index is 13.7. The number of benzene rings is 3. The van der Waals surface area contributed by atoms with Crippen LogP contribution in [0.3, 0.4) is 0 Å². The van der Waals surface area contributed by atoms with Crippen LogP contribution in [0.4, 0.5) is 11.4 Å². The molecule has 0 spiro atoms. The Morgan fingerprint density at radius 3 is 2.32 bits per heavy atom. The number of hydrogen-bond acceptors (Lipinski definition) is 4. The molecular weight excluding hydrogens is 494 g/mol. The van der Waals surface area contributed by atoms with Crippen LogP contribution in [0.1, 0.15) is 55.0 Å². The van der Waals surface area contributed by atoms with Crippen molar-refractivity contribution in [1.29, 1.82) is 0 Å². The molecule has 1 N–H and O–H groups in total. The fourth-order valence-corrected chi connectivity index (χ4v) is 6.34. The summed E-state index contributed by atoms with van der Waals surface area (Å²) < 4.78 is 28.6. The molecule has 1 fully saturated rings. The van der Waals surface area contributed by atoms with Crippen molar-refractivity contribution in [3.8, 4) is 0 Å². The monoisotopic (exact) mass is 533 g/mol. The molecule has 0 saturated carbocycles. The molecule has 1 aliphatic rings. The van der Waals surface area contributed by atoms with Crippen molar-refractivity contribution in [2.24, 2.45) is 5.92 Å². The lowest BCUT2D eigenvalue weighted by Gasteiger charge is -2.33. The molecule has 0 aromatic heterocycles. The number of amides is 1. The van der Waals surface area contributed by atoms with Crippen molar-refractivity contribution in [3.63, 3.8) is 0 Å². The number of rotatable bonds is 8. The van der Waals surface area contributed by atoms with E-state index in [2.05, 4.69) is 29.3 Å². The Labute approximate surface area is 227 Å². The Kier molecular flexibility index (Phi) is 8.46. The minimum Gasteiger partial charge on any atom is -0.371 e. The Morgan fingerprint density at radius 2 is 1.68 bits per heavy atom. The number of carbonyl (C=O) groups excluding carboxylic acids is 1. The van der Waals surface area contributed by atoms with Crippen molar-refractivity contribution < 1.29 is 13.2 Å². The van der Waals surface area contributed by atoms with Gasteiger partial charge in [0.2, 0.25) is 5.91 Å². The van der Waals surface area contributed by atoms with Gasteiger partial charge in [-0.25, -0.2) is 8.42 Å². The highest BCUT2D eigenvalue weighted by Gasteiger charge is 2.28. The first-order valence-corrected chi connectivity index (χ1v) is 14.8. The number of carbonyl (C=O) groups is 1. The van der Waals surface area contributed by atoms with E-state index < -0.39 is 10.0 Å². The highest BCUT2D eigenvalue weighted by Crippen LogP contribution is 2.27. The Hall–Kier alpha value is -3.32. The van der Waals surface area contributed by atoms with E-state index in [0.717, 1.165) is 35.3 Å². The van der Waals surface area contributed by atoms with Crippen LogP contribution in [0.15, 0.2) is 71.6 Å². The third-order valence-corrected chi connectivity index (χ3v) is 9.26. The molecule has 6 nitrogen and oxygen atoms in total. The molecule has 2 unspecified atom stereocenters. The summed E-state index contributed by atoms with van der Waals surface area (Å²) in [5.74, 6) is 0.332. The highest BCUT2D eigenvalue weighted by atomic mass is 32.2. The molecule has 1 aliphatic heterocycles. The van der Waals surface area contributed by atoms with E-state index in [-0.39, 0.29) is 23.4 Å². The van der Waals surface area contributed by atoms with E-state index in [1.54, 1.807) is 30.3 Å². The lowest BCUT2D eigenvalue weighted by molar-refractivity contribution is -0.120. The van der Waals surface area contributed by atoms with Gasteiger partial charge in [0.25, 0.3) is 10.0 Å². The lowest BCUT2D eigenvalue weighted by atomic mass is 9.99. The summed E-state index contributed by atoms with van der Waals surface area (Å²) in [6, 6.07) is 20.2. The van der Waals surface area contributed by atoms with Crippen LogP contribution in [0.25, 0.3) is 0 Å². The quantitative estimate of drug-likeness (QED) is 0.390. The molecule has 0 aliphatic carbocycles. The maximum Gasteiger partial charge on any atom is 0.264 e. The molecule has 3 aromatic carbocycles. The van der Waals surface area contributed by atoms with Gasteiger partial charge in [-0.1, -0.05) is 42.8 Å². The fraction of sp³-hybridized carbons (Fsp3) is 0.387. The van der Waals surface area contributed by atoms with Gasteiger partial charge in [0.1, 0.15) is 6.54 Å². The van der Waals surface area contributed by atoms with Crippen molar-refractivity contribution in [2.45, 2.75) is 58.4 Å². The molecule has 1 amide bonds. The smallest absolute Gasteiger partial charge is 0.264 e. The zero-order chi connectivity index (χ0) is 27.4. The summed E-state index contributed by atoms with van der Waals surface area (Å²) in [6.45, 7) is 11.9. The van der Waals surface area contributed by atoms with Crippen LogP contribution in [0, 0.1) is 26.7 Å². The summed E-state index contributed by atoms with van der Waals surface area (Å²) in [5, 5.41) is 3.00.